The molecule has 1 aromatic heterocycles. The van der Waals surface area contributed by atoms with Crippen molar-refractivity contribution in [3.8, 4) is 6.07 Å². The van der Waals surface area contributed by atoms with E-state index in [0.29, 0.717) is 5.89 Å². The number of hydrogen-bond acceptors (Lipinski definition) is 4. The molecule has 1 fully saturated rings. The second-order valence-corrected chi connectivity index (χ2v) is 5.91. The maximum Gasteiger partial charge on any atom is 0.192 e. The molecule has 0 spiro atoms. The Kier molecular flexibility index (Phi) is 3.23. The molecule has 104 valence electrons. The third kappa shape index (κ3) is 2.68. The van der Waals surface area contributed by atoms with E-state index in [0.717, 1.165) is 43.5 Å². The Bertz CT molecular complexity index is 664. The van der Waals surface area contributed by atoms with Crippen LogP contribution in [0.4, 0.5) is 0 Å². The number of fused-ring (bicyclic) bond motifs is 1. The molecule has 1 heterocycles. The fraction of sp³-hybridized carbons (Fsp3) is 0.500. The molecule has 1 aliphatic rings. The highest BCUT2D eigenvalue weighted by Crippen LogP contribution is 2.45. The van der Waals surface area contributed by atoms with Crippen molar-refractivity contribution in [3.05, 3.63) is 29.7 Å². The van der Waals surface area contributed by atoms with E-state index < -0.39 is 0 Å². The highest BCUT2D eigenvalue weighted by Gasteiger charge is 2.43. The number of oxazole rings is 1. The normalized spacial score (nSPS) is 16.5. The number of likely N-dealkylation sites (N-methyl/N-ethyl adjacent to an activating group) is 1. The van der Waals surface area contributed by atoms with Gasteiger partial charge in [0.2, 0.25) is 0 Å². The highest BCUT2D eigenvalue weighted by atomic mass is 16.3. The first-order valence-corrected chi connectivity index (χ1v) is 7.06. The van der Waals surface area contributed by atoms with Crippen molar-refractivity contribution in [1.82, 2.24) is 9.88 Å². The zero-order chi connectivity index (χ0) is 14.2. The molecule has 0 amide bonds. The Morgan fingerprint density at radius 1 is 1.45 bits per heavy atom. The van der Waals surface area contributed by atoms with E-state index in [2.05, 4.69) is 35.1 Å². The average Bonchev–Trinajstić information content (AvgIpc) is 3.09. The third-order valence-corrected chi connectivity index (χ3v) is 4.00. The molecule has 0 unspecified atom stereocenters. The lowest BCUT2D eigenvalue weighted by Gasteiger charge is -2.19. The smallest absolute Gasteiger partial charge is 0.192 e. The molecule has 0 bridgehead atoms. The lowest BCUT2D eigenvalue weighted by atomic mass is 10.1. The molecular weight excluding hydrogens is 250 g/mol. The second-order valence-electron chi connectivity index (χ2n) is 5.91. The van der Waals surface area contributed by atoms with Gasteiger partial charge in [0.25, 0.3) is 0 Å². The molecule has 0 atom stereocenters. The number of rotatable bonds is 5. The summed E-state index contributed by atoms with van der Waals surface area (Å²) in [6, 6.07) is 8.62. The van der Waals surface area contributed by atoms with Gasteiger partial charge in [-0.1, -0.05) is 6.07 Å². The number of nitriles is 1. The first-order chi connectivity index (χ1) is 9.60. The van der Waals surface area contributed by atoms with Crippen LogP contribution in [0.3, 0.4) is 0 Å². The summed E-state index contributed by atoms with van der Waals surface area (Å²) in [5.74, 6) is 0.707. The predicted octanol–water partition coefficient (Wildman–Crippen LogP) is 2.91. The molecular formula is C16H19N3O. The SMILES string of the molecule is Cc1nc2cc(CCN(C)CC3(C#N)CC3)ccc2o1. The molecule has 0 saturated heterocycles. The summed E-state index contributed by atoms with van der Waals surface area (Å²) in [7, 11) is 2.09. The second kappa shape index (κ2) is 4.92. The van der Waals surface area contributed by atoms with Crippen molar-refractivity contribution in [2.24, 2.45) is 5.41 Å². The van der Waals surface area contributed by atoms with E-state index >= 15 is 0 Å². The maximum absolute atomic E-state index is 9.12. The fourth-order valence-electron chi connectivity index (χ4n) is 2.62. The highest BCUT2D eigenvalue weighted by molar-refractivity contribution is 5.73. The van der Waals surface area contributed by atoms with Crippen LogP contribution in [0, 0.1) is 23.7 Å². The summed E-state index contributed by atoms with van der Waals surface area (Å²) in [5.41, 5.74) is 2.99. The van der Waals surface area contributed by atoms with Crippen LogP contribution in [0.2, 0.25) is 0 Å². The van der Waals surface area contributed by atoms with Gasteiger partial charge >= 0.3 is 0 Å². The van der Waals surface area contributed by atoms with Gasteiger partial charge in [-0.3, -0.25) is 0 Å². The Labute approximate surface area is 119 Å². The molecule has 1 aromatic carbocycles. The van der Waals surface area contributed by atoms with Crippen molar-refractivity contribution in [2.45, 2.75) is 26.2 Å². The summed E-state index contributed by atoms with van der Waals surface area (Å²) in [5, 5.41) is 9.12. The van der Waals surface area contributed by atoms with E-state index in [4.69, 9.17) is 9.68 Å². The van der Waals surface area contributed by atoms with Crippen LogP contribution in [-0.2, 0) is 6.42 Å². The van der Waals surface area contributed by atoms with Gasteiger partial charge < -0.3 is 9.32 Å². The molecule has 3 rings (SSSR count). The van der Waals surface area contributed by atoms with Gasteiger partial charge in [-0.25, -0.2) is 4.98 Å². The minimum Gasteiger partial charge on any atom is -0.441 e. The molecule has 4 nitrogen and oxygen atoms in total. The van der Waals surface area contributed by atoms with Crippen molar-refractivity contribution in [1.29, 1.82) is 5.26 Å². The minimum absolute atomic E-state index is 0.0536. The average molecular weight is 269 g/mol. The first-order valence-electron chi connectivity index (χ1n) is 7.06. The maximum atomic E-state index is 9.12. The summed E-state index contributed by atoms with van der Waals surface area (Å²) < 4.78 is 5.48. The lowest BCUT2D eigenvalue weighted by molar-refractivity contribution is 0.297. The summed E-state index contributed by atoms with van der Waals surface area (Å²) >= 11 is 0. The molecule has 2 aromatic rings. The molecule has 0 radical (unpaired) electrons. The van der Waals surface area contributed by atoms with Crippen molar-refractivity contribution >= 4 is 11.1 Å². The molecule has 4 heteroatoms. The van der Waals surface area contributed by atoms with Gasteiger partial charge in [-0.15, -0.1) is 0 Å². The number of benzene rings is 1. The number of nitrogens with zero attached hydrogens (tertiary/aromatic N) is 3. The first kappa shape index (κ1) is 13.1. The number of aryl methyl sites for hydroxylation is 1. The largest absolute Gasteiger partial charge is 0.441 e. The van der Waals surface area contributed by atoms with Crippen molar-refractivity contribution in [2.75, 3.05) is 20.1 Å². The van der Waals surface area contributed by atoms with Gasteiger partial charge in [0.1, 0.15) is 5.52 Å². The Morgan fingerprint density at radius 2 is 2.25 bits per heavy atom. The van der Waals surface area contributed by atoms with Crippen LogP contribution in [0.15, 0.2) is 22.6 Å². The van der Waals surface area contributed by atoms with Gasteiger partial charge in [0.05, 0.1) is 11.5 Å². The van der Waals surface area contributed by atoms with Gasteiger partial charge in [0.15, 0.2) is 11.5 Å². The van der Waals surface area contributed by atoms with Gasteiger partial charge in [-0.2, -0.15) is 5.26 Å². The van der Waals surface area contributed by atoms with Crippen LogP contribution < -0.4 is 0 Å². The zero-order valence-electron chi connectivity index (χ0n) is 12.0. The number of hydrogen-bond donors (Lipinski definition) is 0. The fourth-order valence-corrected chi connectivity index (χ4v) is 2.62. The van der Waals surface area contributed by atoms with E-state index in [1.54, 1.807) is 0 Å². The van der Waals surface area contributed by atoms with Crippen molar-refractivity contribution < 1.29 is 4.42 Å². The van der Waals surface area contributed by atoms with E-state index in [-0.39, 0.29) is 5.41 Å². The van der Waals surface area contributed by atoms with Crippen molar-refractivity contribution in [3.63, 3.8) is 0 Å². The monoisotopic (exact) mass is 269 g/mol. The third-order valence-electron chi connectivity index (χ3n) is 4.00. The molecule has 1 aliphatic carbocycles. The van der Waals surface area contributed by atoms with Crippen LogP contribution in [-0.4, -0.2) is 30.0 Å². The van der Waals surface area contributed by atoms with Crippen LogP contribution in [0.1, 0.15) is 24.3 Å². The van der Waals surface area contributed by atoms with E-state index in [1.807, 2.05) is 13.0 Å². The lowest BCUT2D eigenvalue weighted by Crippen LogP contribution is -2.28. The summed E-state index contributed by atoms with van der Waals surface area (Å²) in [4.78, 5) is 6.62. The standard InChI is InChI=1S/C16H19N3O/c1-12-18-14-9-13(3-4-15(14)20-12)5-8-19(2)11-16(10-17)6-7-16/h3-4,9H,5-8,11H2,1-2H3. The van der Waals surface area contributed by atoms with Crippen LogP contribution >= 0.6 is 0 Å². The van der Waals surface area contributed by atoms with Gasteiger partial charge in [0, 0.05) is 20.0 Å². The Morgan fingerprint density at radius 3 is 2.95 bits per heavy atom. The quantitative estimate of drug-likeness (QED) is 0.837. The van der Waals surface area contributed by atoms with Gasteiger partial charge in [-0.05, 0) is 44.0 Å². The molecule has 1 saturated carbocycles. The Balaban J connectivity index is 1.60. The van der Waals surface area contributed by atoms with Crippen LogP contribution in [0.5, 0.6) is 0 Å². The summed E-state index contributed by atoms with van der Waals surface area (Å²) in [6.07, 6.45) is 3.08. The molecule has 0 aliphatic heterocycles. The van der Waals surface area contributed by atoms with E-state index in [1.165, 1.54) is 5.56 Å². The molecule has 20 heavy (non-hydrogen) atoms. The molecule has 0 N–H and O–H groups in total. The summed E-state index contributed by atoms with van der Waals surface area (Å²) in [6.45, 7) is 3.71. The Hall–Kier alpha value is -1.86. The van der Waals surface area contributed by atoms with Crippen LogP contribution in [0.25, 0.3) is 11.1 Å². The van der Waals surface area contributed by atoms with E-state index in [9.17, 15) is 0 Å². The topological polar surface area (TPSA) is 53.1 Å². The predicted molar refractivity (Wildman–Crippen MR) is 77.2 cm³/mol. The number of aromatic nitrogens is 1. The minimum atomic E-state index is -0.0536. The zero-order valence-corrected chi connectivity index (χ0v) is 12.0.